The van der Waals surface area contributed by atoms with E-state index in [0.717, 1.165) is 21.8 Å². The molecule has 3 aromatic rings. The lowest BCUT2D eigenvalue weighted by Crippen LogP contribution is -2.11. The summed E-state index contributed by atoms with van der Waals surface area (Å²) in [5, 5.41) is 0. The van der Waals surface area contributed by atoms with E-state index in [-0.39, 0.29) is 4.87 Å². The van der Waals surface area contributed by atoms with Crippen molar-refractivity contribution in [3.8, 4) is 16.9 Å². The van der Waals surface area contributed by atoms with Gasteiger partial charge >= 0.3 is 4.87 Å². The van der Waals surface area contributed by atoms with E-state index in [9.17, 15) is 4.79 Å². The van der Waals surface area contributed by atoms with Gasteiger partial charge in [-0.1, -0.05) is 59.9 Å². The molecule has 0 aliphatic carbocycles. The predicted molar refractivity (Wildman–Crippen MR) is 80.1 cm³/mol. The number of nitrogens with zero attached hydrogens (tertiary/aromatic N) is 1. The molecular formula is C16H13NOS. The third-order valence-electron chi connectivity index (χ3n) is 3.04. The molecule has 0 atom stereocenters. The first-order valence-electron chi connectivity index (χ1n) is 6.10. The second-order valence-corrected chi connectivity index (χ2v) is 5.48. The van der Waals surface area contributed by atoms with Crippen molar-refractivity contribution in [2.24, 2.45) is 0 Å². The van der Waals surface area contributed by atoms with Crippen molar-refractivity contribution in [1.82, 2.24) is 4.57 Å². The molecule has 0 saturated carbocycles. The maximum Gasteiger partial charge on any atom is 0.312 e. The average Bonchev–Trinajstić information content (AvgIpc) is 2.75. The minimum absolute atomic E-state index is 0.0579. The van der Waals surface area contributed by atoms with E-state index in [1.165, 1.54) is 11.3 Å². The molecule has 0 amide bonds. The molecular weight excluding hydrogens is 254 g/mol. The fraction of sp³-hybridized carbons (Fsp3) is 0.0625. The van der Waals surface area contributed by atoms with Crippen molar-refractivity contribution >= 4 is 11.3 Å². The zero-order valence-electron chi connectivity index (χ0n) is 10.5. The van der Waals surface area contributed by atoms with E-state index in [1.54, 1.807) is 4.57 Å². The van der Waals surface area contributed by atoms with Gasteiger partial charge in [0.25, 0.3) is 0 Å². The van der Waals surface area contributed by atoms with Gasteiger partial charge in [-0.25, -0.2) is 0 Å². The summed E-state index contributed by atoms with van der Waals surface area (Å²) in [7, 11) is 0. The Labute approximate surface area is 115 Å². The molecule has 94 valence electrons. The van der Waals surface area contributed by atoms with Gasteiger partial charge in [-0.2, -0.15) is 0 Å². The van der Waals surface area contributed by atoms with Crippen LogP contribution < -0.4 is 4.87 Å². The zero-order valence-corrected chi connectivity index (χ0v) is 11.4. The van der Waals surface area contributed by atoms with Crippen molar-refractivity contribution < 1.29 is 0 Å². The Morgan fingerprint density at radius 1 is 0.895 bits per heavy atom. The molecule has 1 heterocycles. The number of hydrogen-bond acceptors (Lipinski definition) is 2. The van der Waals surface area contributed by atoms with E-state index in [1.807, 2.05) is 67.6 Å². The second kappa shape index (κ2) is 4.86. The van der Waals surface area contributed by atoms with Gasteiger partial charge in [0.2, 0.25) is 0 Å². The smallest absolute Gasteiger partial charge is 0.267 e. The molecule has 0 unspecified atom stereocenters. The summed E-state index contributed by atoms with van der Waals surface area (Å²) in [5.41, 5.74) is 2.97. The van der Waals surface area contributed by atoms with Crippen molar-refractivity contribution in [2.75, 3.05) is 0 Å². The third kappa shape index (κ3) is 2.13. The molecule has 1 aromatic heterocycles. The molecule has 0 bridgehead atoms. The third-order valence-corrected chi connectivity index (χ3v) is 3.90. The maximum atomic E-state index is 12.2. The van der Waals surface area contributed by atoms with E-state index in [2.05, 4.69) is 0 Å². The Hall–Kier alpha value is -2.13. The van der Waals surface area contributed by atoms with Crippen molar-refractivity contribution in [3.63, 3.8) is 0 Å². The highest BCUT2D eigenvalue weighted by atomic mass is 32.1. The summed E-state index contributed by atoms with van der Waals surface area (Å²) in [6, 6.07) is 19.8. The van der Waals surface area contributed by atoms with Crippen LogP contribution in [0.1, 0.15) is 4.88 Å². The minimum atomic E-state index is 0.0579. The lowest BCUT2D eigenvalue weighted by atomic mass is 10.1. The van der Waals surface area contributed by atoms with Crippen molar-refractivity contribution in [3.05, 3.63) is 75.2 Å². The van der Waals surface area contributed by atoms with Crippen LogP contribution in [0.25, 0.3) is 16.9 Å². The summed E-state index contributed by atoms with van der Waals surface area (Å²) in [6.07, 6.45) is 0. The molecule has 19 heavy (non-hydrogen) atoms. The van der Waals surface area contributed by atoms with Crippen LogP contribution in [0.5, 0.6) is 0 Å². The molecule has 3 rings (SSSR count). The van der Waals surface area contributed by atoms with Gasteiger partial charge in [-0.3, -0.25) is 9.36 Å². The lowest BCUT2D eigenvalue weighted by Gasteiger charge is -2.08. The highest BCUT2D eigenvalue weighted by molar-refractivity contribution is 7.09. The van der Waals surface area contributed by atoms with Gasteiger partial charge < -0.3 is 0 Å². The molecule has 0 N–H and O–H groups in total. The Bertz CT molecular complexity index is 741. The first-order valence-corrected chi connectivity index (χ1v) is 6.92. The molecule has 0 fully saturated rings. The van der Waals surface area contributed by atoms with Crippen LogP contribution >= 0.6 is 11.3 Å². The van der Waals surface area contributed by atoms with Crippen LogP contribution in [0.15, 0.2) is 65.5 Å². The predicted octanol–water partition coefficient (Wildman–Crippen LogP) is 3.87. The average molecular weight is 267 g/mol. The first-order chi connectivity index (χ1) is 9.27. The van der Waals surface area contributed by atoms with E-state index < -0.39 is 0 Å². The molecule has 0 radical (unpaired) electrons. The van der Waals surface area contributed by atoms with Gasteiger partial charge in [-0.15, -0.1) is 0 Å². The second-order valence-electron chi connectivity index (χ2n) is 4.31. The first kappa shape index (κ1) is 11.9. The molecule has 0 spiro atoms. The van der Waals surface area contributed by atoms with E-state index in [0.29, 0.717) is 0 Å². The number of aromatic nitrogens is 1. The summed E-state index contributed by atoms with van der Waals surface area (Å²) in [6.45, 7) is 1.99. The number of thiazole rings is 1. The topological polar surface area (TPSA) is 22.0 Å². The van der Waals surface area contributed by atoms with Gasteiger partial charge in [-0.05, 0) is 24.6 Å². The summed E-state index contributed by atoms with van der Waals surface area (Å²) in [4.78, 5) is 13.3. The van der Waals surface area contributed by atoms with Gasteiger partial charge in [0, 0.05) is 4.88 Å². The number of para-hydroxylation sites is 1. The normalized spacial score (nSPS) is 10.6. The van der Waals surface area contributed by atoms with Crippen LogP contribution in [0.2, 0.25) is 0 Å². The van der Waals surface area contributed by atoms with Crippen molar-refractivity contribution in [2.45, 2.75) is 6.92 Å². The molecule has 0 aliphatic heterocycles. The fourth-order valence-corrected chi connectivity index (χ4v) is 3.07. The monoisotopic (exact) mass is 267 g/mol. The minimum Gasteiger partial charge on any atom is -0.267 e. The van der Waals surface area contributed by atoms with Crippen molar-refractivity contribution in [1.29, 1.82) is 0 Å². The maximum absolute atomic E-state index is 12.2. The molecule has 0 saturated heterocycles. The van der Waals surface area contributed by atoms with Gasteiger partial charge in [0.05, 0.1) is 11.4 Å². The highest BCUT2D eigenvalue weighted by Gasteiger charge is 2.14. The van der Waals surface area contributed by atoms with E-state index >= 15 is 0 Å². The Morgan fingerprint density at radius 2 is 1.47 bits per heavy atom. The molecule has 2 aromatic carbocycles. The zero-order chi connectivity index (χ0) is 13.2. The Kier molecular flexibility index (Phi) is 3.05. The standard InChI is InChI=1S/C16H13NOS/c1-12-15(13-8-4-2-5-9-13)17(16(18)19-12)14-10-6-3-7-11-14/h2-11H,1H3. The molecule has 0 aliphatic rings. The summed E-state index contributed by atoms with van der Waals surface area (Å²) >= 11 is 1.29. The lowest BCUT2D eigenvalue weighted by molar-refractivity contribution is 1.04. The van der Waals surface area contributed by atoms with Crippen LogP contribution in [0.3, 0.4) is 0 Å². The summed E-state index contributed by atoms with van der Waals surface area (Å²) in [5.74, 6) is 0. The van der Waals surface area contributed by atoms with Crippen LogP contribution in [-0.4, -0.2) is 4.57 Å². The molecule has 3 heteroatoms. The fourth-order valence-electron chi connectivity index (χ4n) is 2.21. The largest absolute Gasteiger partial charge is 0.312 e. The Balaban J connectivity index is 2.30. The van der Waals surface area contributed by atoms with Gasteiger partial charge in [0.1, 0.15) is 0 Å². The van der Waals surface area contributed by atoms with Crippen LogP contribution in [-0.2, 0) is 0 Å². The number of aryl methyl sites for hydroxylation is 1. The van der Waals surface area contributed by atoms with Crippen LogP contribution in [0, 0.1) is 6.92 Å². The van der Waals surface area contributed by atoms with E-state index in [4.69, 9.17) is 0 Å². The highest BCUT2D eigenvalue weighted by Crippen LogP contribution is 2.27. The molecule has 2 nitrogen and oxygen atoms in total. The number of rotatable bonds is 2. The van der Waals surface area contributed by atoms with Crippen LogP contribution in [0.4, 0.5) is 0 Å². The van der Waals surface area contributed by atoms with Gasteiger partial charge in [0.15, 0.2) is 0 Å². The Morgan fingerprint density at radius 3 is 2.11 bits per heavy atom. The number of benzene rings is 2. The summed E-state index contributed by atoms with van der Waals surface area (Å²) < 4.78 is 1.79. The number of hydrogen-bond donors (Lipinski definition) is 0. The quantitative estimate of drug-likeness (QED) is 0.690. The SMILES string of the molecule is Cc1sc(=O)n(-c2ccccc2)c1-c1ccccc1.